The number of nitrogens with one attached hydrogen (secondary N) is 2. The molecule has 4 aromatic rings. The number of hydrogen-bond donors (Lipinski definition) is 4. The molecule has 0 spiro atoms. The van der Waals surface area contributed by atoms with Crippen LogP contribution in [0.25, 0.3) is 22.2 Å². The van der Waals surface area contributed by atoms with Crippen LogP contribution in [0.5, 0.6) is 11.5 Å². The van der Waals surface area contributed by atoms with Crippen LogP contribution in [0, 0.1) is 5.82 Å². The average molecular weight is 681 g/mol. The zero-order valence-corrected chi connectivity index (χ0v) is 26.2. The zero-order chi connectivity index (χ0) is 34.7. The number of aromatic nitrogens is 2. The Labute approximate surface area is 277 Å². The highest BCUT2D eigenvalue weighted by molar-refractivity contribution is 6.00. The fourth-order valence-corrected chi connectivity index (χ4v) is 6.03. The highest BCUT2D eigenvalue weighted by atomic mass is 19.4. The number of alkyl halides is 3. The minimum atomic E-state index is -5.37. The zero-order valence-electron chi connectivity index (χ0n) is 26.2. The first-order valence-corrected chi connectivity index (χ1v) is 15.8. The lowest BCUT2D eigenvalue weighted by Gasteiger charge is -2.35. The monoisotopic (exact) mass is 680 g/mol. The van der Waals surface area contributed by atoms with Crippen molar-refractivity contribution >= 4 is 22.7 Å². The molecule has 3 heterocycles. The summed E-state index contributed by atoms with van der Waals surface area (Å²) < 4.78 is 70.5. The Morgan fingerprint density at radius 1 is 1.10 bits per heavy atom. The first kappa shape index (κ1) is 32.7. The normalized spacial score (nSPS) is 22.8. The lowest BCUT2D eigenvalue weighted by molar-refractivity contribution is -0.265. The van der Waals surface area contributed by atoms with Gasteiger partial charge in [-0.05, 0) is 81.1 Å². The number of carbonyl (C=O) groups is 2. The smallest absolute Gasteiger partial charge is 0.424 e. The number of aliphatic hydroxyl groups excluding tert-OH is 1. The fraction of sp³-hybridized carbons (Fsp3) is 0.371. The third kappa shape index (κ3) is 6.03. The number of pyridine rings is 2. The van der Waals surface area contributed by atoms with Gasteiger partial charge in [-0.3, -0.25) is 14.6 Å². The molecule has 0 bridgehead atoms. The van der Waals surface area contributed by atoms with Gasteiger partial charge in [0.15, 0.2) is 0 Å². The van der Waals surface area contributed by atoms with E-state index in [1.54, 1.807) is 18.3 Å². The first-order valence-electron chi connectivity index (χ1n) is 15.8. The van der Waals surface area contributed by atoms with E-state index in [1.807, 2.05) is 0 Å². The highest BCUT2D eigenvalue weighted by Gasteiger charge is 2.58. The molecule has 0 unspecified atom stereocenters. The van der Waals surface area contributed by atoms with Crippen molar-refractivity contribution in [1.82, 2.24) is 20.6 Å². The summed E-state index contributed by atoms with van der Waals surface area (Å²) in [6.07, 6.45) is -2.11. The Bertz CT molecular complexity index is 1950. The number of carbonyl (C=O) groups excluding carboxylic acids is 2. The first-order chi connectivity index (χ1) is 23.2. The van der Waals surface area contributed by atoms with Crippen LogP contribution in [0.4, 0.5) is 17.6 Å². The summed E-state index contributed by atoms with van der Waals surface area (Å²) in [6, 6.07) is 11.6. The summed E-state index contributed by atoms with van der Waals surface area (Å²) in [7, 11) is 0. The summed E-state index contributed by atoms with van der Waals surface area (Å²) >= 11 is 0. The van der Waals surface area contributed by atoms with E-state index in [0.717, 1.165) is 31.0 Å². The molecule has 2 amide bonds. The molecule has 1 aliphatic heterocycles. The van der Waals surface area contributed by atoms with Gasteiger partial charge in [-0.2, -0.15) is 13.2 Å². The van der Waals surface area contributed by atoms with Crippen molar-refractivity contribution in [3.05, 3.63) is 83.4 Å². The van der Waals surface area contributed by atoms with Gasteiger partial charge in [0, 0.05) is 34.3 Å². The van der Waals surface area contributed by atoms with Crippen LogP contribution in [0.1, 0.15) is 54.2 Å². The Hall–Kier alpha value is -4.82. The summed E-state index contributed by atoms with van der Waals surface area (Å²) in [6.45, 7) is -0.102. The second kappa shape index (κ2) is 11.9. The minimum absolute atomic E-state index is 0.00294. The molecule has 0 radical (unpaired) electrons. The SMILES string of the molecule is C[C@]1(C(=O)N[C@H]2C[C@@H](O)C2)COc2c1cc([C@@](O)(CNC(=O)c1cc(OC3CC3)c3ncccc3c1)C(F)(F)F)nc2-c1ccc(F)cc1. The van der Waals surface area contributed by atoms with Crippen LogP contribution < -0.4 is 20.1 Å². The number of hydrogen-bond acceptors (Lipinski definition) is 8. The average Bonchev–Trinajstić information content (AvgIpc) is 3.81. The van der Waals surface area contributed by atoms with Gasteiger partial charge in [-0.25, -0.2) is 9.37 Å². The molecule has 14 heteroatoms. The number of nitrogens with zero attached hydrogens (tertiary/aromatic N) is 2. The van der Waals surface area contributed by atoms with Crippen LogP contribution >= 0.6 is 0 Å². The molecule has 2 aliphatic carbocycles. The number of aliphatic hydroxyl groups is 2. The molecule has 7 rings (SSSR count). The third-order valence-electron chi connectivity index (χ3n) is 9.29. The summed E-state index contributed by atoms with van der Waals surface area (Å²) in [5, 5.41) is 26.7. The number of fused-ring (bicyclic) bond motifs is 2. The maximum absolute atomic E-state index is 15.0. The number of halogens is 4. The standard InChI is InChI=1S/C35H32F4N4O6/c1-33(32(46)42-22-13-23(44)14-22)17-48-30-25(33)15-27(43-29(30)18-4-6-21(36)7-5-18)34(47,35(37,38)39)16-41-31(45)20-11-19-3-2-10-40-28(19)26(12-20)49-24-8-9-24/h2-7,10-12,15,22-24,44,47H,8-9,13-14,16-17H2,1H3,(H,41,45)(H,42,46)/t22-,23+,33-,34-/m0/s1. The number of ether oxygens (including phenoxy) is 2. The lowest BCUT2D eigenvalue weighted by atomic mass is 9.80. The van der Waals surface area contributed by atoms with E-state index in [1.165, 1.54) is 31.2 Å². The van der Waals surface area contributed by atoms with Crippen molar-refractivity contribution in [3.8, 4) is 22.8 Å². The predicted octanol–water partition coefficient (Wildman–Crippen LogP) is 4.45. The molecule has 10 nitrogen and oxygen atoms in total. The van der Waals surface area contributed by atoms with Gasteiger partial charge < -0.3 is 30.3 Å². The van der Waals surface area contributed by atoms with Crippen molar-refractivity contribution in [3.63, 3.8) is 0 Å². The molecular formula is C35H32F4N4O6. The van der Waals surface area contributed by atoms with Crippen LogP contribution in [-0.4, -0.2) is 69.6 Å². The van der Waals surface area contributed by atoms with Gasteiger partial charge in [-0.15, -0.1) is 0 Å². The molecule has 2 saturated carbocycles. The maximum Gasteiger partial charge on any atom is 0.424 e. The van der Waals surface area contributed by atoms with Gasteiger partial charge in [0.2, 0.25) is 11.5 Å². The van der Waals surface area contributed by atoms with Crippen molar-refractivity contribution in [2.45, 2.75) is 68.0 Å². The van der Waals surface area contributed by atoms with Crippen molar-refractivity contribution in [2.75, 3.05) is 13.2 Å². The fourth-order valence-electron chi connectivity index (χ4n) is 6.03. The molecule has 3 aliphatic rings. The molecule has 2 aromatic heterocycles. The summed E-state index contributed by atoms with van der Waals surface area (Å²) in [4.78, 5) is 35.5. The lowest BCUT2D eigenvalue weighted by Crippen LogP contribution is -2.53. The Balaban J connectivity index is 1.26. The van der Waals surface area contributed by atoms with Crippen molar-refractivity contribution in [2.24, 2.45) is 0 Å². The Morgan fingerprint density at radius 2 is 1.84 bits per heavy atom. The van der Waals surface area contributed by atoms with E-state index >= 15 is 0 Å². The van der Waals surface area contributed by atoms with Gasteiger partial charge in [-0.1, -0.05) is 6.07 Å². The van der Waals surface area contributed by atoms with E-state index in [2.05, 4.69) is 20.6 Å². The van der Waals surface area contributed by atoms with Gasteiger partial charge in [0.05, 0.1) is 24.4 Å². The van der Waals surface area contributed by atoms with Gasteiger partial charge in [0.25, 0.3) is 5.91 Å². The van der Waals surface area contributed by atoms with E-state index < -0.39 is 53.2 Å². The second-order valence-electron chi connectivity index (χ2n) is 13.1. The van der Waals surface area contributed by atoms with Crippen molar-refractivity contribution < 1.29 is 46.8 Å². The van der Waals surface area contributed by atoms with Crippen molar-refractivity contribution in [1.29, 1.82) is 0 Å². The topological polar surface area (TPSA) is 143 Å². The molecule has 256 valence electrons. The van der Waals surface area contributed by atoms with Gasteiger partial charge in [0.1, 0.15) is 40.5 Å². The molecular weight excluding hydrogens is 648 g/mol. The number of benzene rings is 2. The summed E-state index contributed by atoms with van der Waals surface area (Å²) in [5.74, 6) is -1.75. The van der Waals surface area contributed by atoms with Crippen LogP contribution in [0.2, 0.25) is 0 Å². The molecule has 2 atom stereocenters. The van der Waals surface area contributed by atoms with Crippen LogP contribution in [0.3, 0.4) is 0 Å². The molecule has 2 fully saturated rings. The molecule has 0 saturated heterocycles. The van der Waals surface area contributed by atoms with E-state index in [4.69, 9.17) is 9.47 Å². The minimum Gasteiger partial charge on any atom is -0.489 e. The van der Waals surface area contributed by atoms with E-state index in [0.29, 0.717) is 29.5 Å². The largest absolute Gasteiger partial charge is 0.489 e. The maximum atomic E-state index is 15.0. The predicted molar refractivity (Wildman–Crippen MR) is 167 cm³/mol. The molecule has 2 aromatic carbocycles. The second-order valence-corrected chi connectivity index (χ2v) is 13.1. The van der Waals surface area contributed by atoms with E-state index in [-0.39, 0.29) is 46.9 Å². The Morgan fingerprint density at radius 3 is 2.51 bits per heavy atom. The third-order valence-corrected chi connectivity index (χ3v) is 9.29. The number of amides is 2. The highest BCUT2D eigenvalue weighted by Crippen LogP contribution is 2.48. The van der Waals surface area contributed by atoms with Crippen LogP contribution in [-0.2, 0) is 15.8 Å². The quantitative estimate of drug-likeness (QED) is 0.190. The van der Waals surface area contributed by atoms with Crippen LogP contribution in [0.15, 0.2) is 60.8 Å². The molecule has 49 heavy (non-hydrogen) atoms. The Kier molecular flexibility index (Phi) is 7.98. The summed E-state index contributed by atoms with van der Waals surface area (Å²) in [5.41, 5.74) is -5.63. The van der Waals surface area contributed by atoms with E-state index in [9.17, 15) is 37.4 Å². The van der Waals surface area contributed by atoms with Gasteiger partial charge >= 0.3 is 6.18 Å². The number of rotatable bonds is 9. The molecule has 4 N–H and O–H groups in total.